The molecule has 4 atom stereocenters. The van der Waals surface area contributed by atoms with Crippen molar-refractivity contribution < 1.29 is 28.9 Å². The Bertz CT molecular complexity index is 2290. The van der Waals surface area contributed by atoms with E-state index in [0.29, 0.717) is 18.9 Å². The van der Waals surface area contributed by atoms with Crippen molar-refractivity contribution in [2.75, 3.05) is 27.3 Å². The molecule has 14 heteroatoms. The van der Waals surface area contributed by atoms with Crippen LogP contribution in [-0.2, 0) is 24.1 Å². The molecule has 5 aromatic rings. The van der Waals surface area contributed by atoms with Crippen LogP contribution in [0, 0.1) is 17.8 Å². The van der Waals surface area contributed by atoms with Gasteiger partial charge in [0, 0.05) is 24.2 Å². The van der Waals surface area contributed by atoms with Crippen LogP contribution in [0.2, 0.25) is 0 Å². The van der Waals surface area contributed by atoms with Gasteiger partial charge in [0.15, 0.2) is 6.04 Å². The number of amides is 3. The van der Waals surface area contributed by atoms with Crippen LogP contribution in [0.4, 0.5) is 4.79 Å². The first-order valence-electron chi connectivity index (χ1n) is 19.1. The normalized spacial score (nSPS) is 17.8. The number of alkyl carbamates (subject to hydrolysis) is 1. The van der Waals surface area contributed by atoms with Gasteiger partial charge in [0.25, 0.3) is 5.91 Å². The Morgan fingerprint density at radius 1 is 0.877 bits per heavy atom. The number of nitrogens with one attached hydrogen (secondary N) is 3. The third-order valence-electron chi connectivity index (χ3n) is 10.4. The fourth-order valence-corrected chi connectivity index (χ4v) is 7.52. The van der Waals surface area contributed by atoms with E-state index in [0.717, 1.165) is 76.9 Å². The van der Waals surface area contributed by atoms with Gasteiger partial charge in [-0.3, -0.25) is 9.59 Å². The summed E-state index contributed by atoms with van der Waals surface area (Å²) in [6.07, 6.45) is 5.56. The molecule has 2 fully saturated rings. The molecule has 2 aromatic heterocycles. The molecule has 0 unspecified atom stereocenters. The second-order valence-corrected chi connectivity index (χ2v) is 14.4. The first-order valence-corrected chi connectivity index (χ1v) is 19.1. The third kappa shape index (κ3) is 8.69. The molecule has 0 aliphatic carbocycles. The maximum Gasteiger partial charge on any atom is 0.407 e. The van der Waals surface area contributed by atoms with Crippen molar-refractivity contribution in [2.45, 2.75) is 63.7 Å². The lowest BCUT2D eigenvalue weighted by Crippen LogP contribution is -2.51. The zero-order chi connectivity index (χ0) is 39.9. The number of benzene rings is 3. The van der Waals surface area contributed by atoms with E-state index in [1.807, 2.05) is 91.5 Å². The zero-order valence-electron chi connectivity index (χ0n) is 32.4. The Kier molecular flexibility index (Phi) is 12.0. The van der Waals surface area contributed by atoms with Gasteiger partial charge in [-0.1, -0.05) is 68.2 Å². The molecule has 3 N–H and O–H groups in total. The number of fused-ring (bicyclic) bond motifs is 1. The second-order valence-electron chi connectivity index (χ2n) is 14.4. The summed E-state index contributed by atoms with van der Waals surface area (Å²) in [5, 5.41) is 2.69. The van der Waals surface area contributed by atoms with Gasteiger partial charge in [-0.15, -0.1) is 0 Å². The summed E-state index contributed by atoms with van der Waals surface area (Å²) in [6.45, 7) is 4.98. The molecule has 2 aliphatic heterocycles. The molecule has 14 nitrogen and oxygen atoms in total. The molecule has 2 saturated heterocycles. The van der Waals surface area contributed by atoms with Crippen molar-refractivity contribution in [2.24, 2.45) is 10.9 Å². The van der Waals surface area contributed by atoms with E-state index in [1.165, 1.54) is 14.2 Å². The fourth-order valence-electron chi connectivity index (χ4n) is 7.52. The molecule has 0 radical (unpaired) electrons. The van der Waals surface area contributed by atoms with E-state index in [1.54, 1.807) is 11.1 Å². The number of rotatable bonds is 11. The molecule has 2 aliphatic rings. The number of aliphatic imine (C=N–C) groups is 1. The summed E-state index contributed by atoms with van der Waals surface area (Å²) in [6, 6.07) is 21.3. The summed E-state index contributed by atoms with van der Waals surface area (Å²) in [7, 11) is 2.67. The number of aromatic nitrogens is 4. The van der Waals surface area contributed by atoms with E-state index < -0.39 is 18.2 Å². The highest BCUT2D eigenvalue weighted by atomic mass is 17.2. The Morgan fingerprint density at radius 2 is 1.56 bits per heavy atom. The number of carbonyl (C=O) groups excluding carboxylic acids is 3. The SMILES string of the molecule is COOC=N[C@H](C(=O)N1CCC[C@H]1c1nc2ccc(C#Cc3ccc(-c4cnc([C@@H]5CCCN5C(=O)[C@H](NC(=O)OC)C(C)C)[nH]4)cc3)cc2[nH]1)c1ccccc1. The highest BCUT2D eigenvalue weighted by Gasteiger charge is 2.38. The summed E-state index contributed by atoms with van der Waals surface area (Å²) in [4.78, 5) is 73.3. The standard InChI is InChI=1S/C43H46N8O6/c1-27(2)37(49-43(54)55-3)41(52)50-22-8-12-35(50)39-44-25-34(48-39)30-19-16-28(17-20-30)14-15-29-18-21-32-33(24-29)47-40(46-32)36-13-9-23-51(36)42(53)38(45-26-57-56-4)31-10-6-5-7-11-31/h5-7,10-11,16-21,24-27,35-38H,8-9,12-13,22-23H2,1-4H3,(H,44,48)(H,46,47)(H,49,54)/t35-,36-,37+,38-/m0/s1. The molecule has 0 spiro atoms. The number of carbonyl (C=O) groups is 3. The first-order chi connectivity index (χ1) is 27.7. The number of imidazole rings is 2. The highest BCUT2D eigenvalue weighted by Crippen LogP contribution is 2.35. The molecule has 294 valence electrons. The maximum atomic E-state index is 13.9. The average Bonchev–Trinajstić information content (AvgIpc) is 4.07. The molecule has 4 heterocycles. The topological polar surface area (TPSA) is 167 Å². The zero-order valence-corrected chi connectivity index (χ0v) is 32.4. The van der Waals surface area contributed by atoms with Crippen LogP contribution in [0.25, 0.3) is 22.3 Å². The average molecular weight is 771 g/mol. The lowest BCUT2D eigenvalue weighted by Gasteiger charge is -2.30. The monoisotopic (exact) mass is 770 g/mol. The molecule has 0 bridgehead atoms. The summed E-state index contributed by atoms with van der Waals surface area (Å²) >= 11 is 0. The van der Waals surface area contributed by atoms with Gasteiger partial charge in [0.2, 0.25) is 12.3 Å². The molecule has 3 aromatic carbocycles. The van der Waals surface area contributed by atoms with Crippen molar-refractivity contribution in [1.82, 2.24) is 35.1 Å². The molecular weight excluding hydrogens is 725 g/mol. The quantitative estimate of drug-likeness (QED) is 0.0456. The van der Waals surface area contributed by atoms with E-state index >= 15 is 0 Å². The summed E-state index contributed by atoms with van der Waals surface area (Å²) < 4.78 is 4.75. The number of aromatic amines is 2. The lowest BCUT2D eigenvalue weighted by atomic mass is 10.0. The summed E-state index contributed by atoms with van der Waals surface area (Å²) in [5.74, 6) is 7.59. The van der Waals surface area contributed by atoms with Crippen LogP contribution < -0.4 is 5.32 Å². The van der Waals surface area contributed by atoms with Crippen LogP contribution in [-0.4, -0.2) is 87.4 Å². The molecule has 7 rings (SSSR count). The van der Waals surface area contributed by atoms with Gasteiger partial charge in [-0.2, -0.15) is 4.89 Å². The molecule has 0 saturated carbocycles. The van der Waals surface area contributed by atoms with Crippen molar-refractivity contribution in [1.29, 1.82) is 0 Å². The van der Waals surface area contributed by atoms with Crippen molar-refractivity contribution in [3.63, 3.8) is 0 Å². The highest BCUT2D eigenvalue weighted by molar-refractivity contribution is 5.87. The molecule has 3 amide bonds. The number of hydrogen-bond acceptors (Lipinski definition) is 9. The van der Waals surface area contributed by atoms with E-state index in [2.05, 4.69) is 42.0 Å². The van der Waals surface area contributed by atoms with Crippen LogP contribution in [0.5, 0.6) is 0 Å². The Balaban J connectivity index is 1.02. The third-order valence-corrected chi connectivity index (χ3v) is 10.4. The smallest absolute Gasteiger partial charge is 0.407 e. The van der Waals surface area contributed by atoms with Gasteiger partial charge in [0.05, 0.1) is 49.2 Å². The van der Waals surface area contributed by atoms with E-state index in [4.69, 9.17) is 14.6 Å². The van der Waals surface area contributed by atoms with Crippen LogP contribution >= 0.6 is 0 Å². The van der Waals surface area contributed by atoms with E-state index in [9.17, 15) is 14.4 Å². The minimum atomic E-state index is -0.777. The van der Waals surface area contributed by atoms with Gasteiger partial charge >= 0.3 is 6.09 Å². The summed E-state index contributed by atoms with van der Waals surface area (Å²) in [5.41, 5.74) is 5.86. The number of H-pyrrole nitrogens is 2. The van der Waals surface area contributed by atoms with Crippen LogP contribution in [0.1, 0.15) is 86.0 Å². The Labute approximate surface area is 331 Å². The fraction of sp³-hybridized carbons (Fsp3) is 0.349. The van der Waals surface area contributed by atoms with Crippen molar-refractivity contribution in [3.05, 3.63) is 107 Å². The van der Waals surface area contributed by atoms with Gasteiger partial charge < -0.3 is 34.7 Å². The predicted molar refractivity (Wildman–Crippen MR) is 213 cm³/mol. The predicted octanol–water partition coefficient (Wildman–Crippen LogP) is 6.41. The van der Waals surface area contributed by atoms with Crippen LogP contribution in [0.3, 0.4) is 0 Å². The van der Waals surface area contributed by atoms with Gasteiger partial charge in [0.1, 0.15) is 17.7 Å². The maximum absolute atomic E-state index is 13.9. The number of ether oxygens (including phenoxy) is 1. The van der Waals surface area contributed by atoms with Gasteiger partial charge in [-0.25, -0.2) is 19.8 Å². The van der Waals surface area contributed by atoms with Crippen molar-refractivity contribution >= 4 is 35.3 Å². The second kappa shape index (κ2) is 17.6. The number of nitrogens with zero attached hydrogens (tertiary/aromatic N) is 5. The van der Waals surface area contributed by atoms with E-state index in [-0.39, 0.29) is 29.8 Å². The Morgan fingerprint density at radius 3 is 2.26 bits per heavy atom. The van der Waals surface area contributed by atoms with Crippen molar-refractivity contribution in [3.8, 4) is 23.1 Å². The molecule has 57 heavy (non-hydrogen) atoms. The Hall–Kier alpha value is -6.46. The number of likely N-dealkylation sites (tertiary alicyclic amines) is 2. The van der Waals surface area contributed by atoms with Crippen LogP contribution in [0.15, 0.2) is 84.0 Å². The lowest BCUT2D eigenvalue weighted by molar-refractivity contribution is -0.188. The molecular formula is C43H46N8O6. The minimum absolute atomic E-state index is 0.108. The number of methoxy groups -OCH3 is 1. The first kappa shape index (κ1) is 38.8. The minimum Gasteiger partial charge on any atom is -0.453 e. The number of hydrogen-bond donors (Lipinski definition) is 3. The van der Waals surface area contributed by atoms with Gasteiger partial charge in [-0.05, 0) is 73.1 Å². The largest absolute Gasteiger partial charge is 0.453 e.